The summed E-state index contributed by atoms with van der Waals surface area (Å²) in [6.45, 7) is 5.84. The molecule has 8 atom stereocenters. The molecule has 0 aromatic carbocycles. The van der Waals surface area contributed by atoms with Crippen LogP contribution in [0.1, 0.15) is 323 Å². The van der Waals surface area contributed by atoms with E-state index in [2.05, 4.69) is 26.1 Å². The minimum Gasteiger partial charge on any atom is -0.454 e. The standard InChI is InChI=1S/C64H123NO10/c1-4-7-10-13-16-19-22-25-27-28-29-31-33-36-39-42-45-48-51-57(68)63(72)65-55(56(67)50-47-44-41-38-35-32-24-21-18-15-12-9-6-3)54-73-64-62(61(71)60(70)58(53-66)74-64)75-59(69)52-49-46-43-40-37-34-30-26-23-20-17-14-11-8-5-2/h47,50,55-58,60-62,64,66-68,70-71H,4-46,48-49,51-54H2,1-3H3,(H,65,72)/b50-47+. The molecule has 0 aromatic rings. The third-order valence-corrected chi connectivity index (χ3v) is 15.7. The molecule has 1 amide bonds. The zero-order valence-corrected chi connectivity index (χ0v) is 49.2. The Bertz CT molecular complexity index is 1270. The van der Waals surface area contributed by atoms with E-state index in [1.54, 1.807) is 6.08 Å². The number of hydrogen-bond acceptors (Lipinski definition) is 10. The monoisotopic (exact) mass is 1070 g/mol. The van der Waals surface area contributed by atoms with Gasteiger partial charge in [-0.3, -0.25) is 9.59 Å². The quantitative estimate of drug-likeness (QED) is 0.0195. The van der Waals surface area contributed by atoms with Crippen LogP contribution in [0.3, 0.4) is 0 Å². The smallest absolute Gasteiger partial charge is 0.306 e. The molecule has 1 aliphatic heterocycles. The largest absolute Gasteiger partial charge is 0.454 e. The fraction of sp³-hybridized carbons (Fsp3) is 0.938. The van der Waals surface area contributed by atoms with Crippen molar-refractivity contribution in [3.05, 3.63) is 12.2 Å². The number of ether oxygens (including phenoxy) is 3. The molecule has 1 aliphatic rings. The highest BCUT2D eigenvalue weighted by Gasteiger charge is 2.47. The minimum absolute atomic E-state index is 0.131. The summed E-state index contributed by atoms with van der Waals surface area (Å²) in [5.74, 6) is -1.17. The molecule has 0 bridgehead atoms. The Hall–Kier alpha value is -1.60. The molecule has 1 fully saturated rings. The van der Waals surface area contributed by atoms with Gasteiger partial charge in [0.05, 0.1) is 25.4 Å². The second-order valence-electron chi connectivity index (χ2n) is 22.9. The zero-order chi connectivity index (χ0) is 54.7. The van der Waals surface area contributed by atoms with Crippen molar-refractivity contribution in [3.63, 3.8) is 0 Å². The number of nitrogens with one attached hydrogen (secondary N) is 1. The van der Waals surface area contributed by atoms with E-state index in [1.165, 1.54) is 218 Å². The van der Waals surface area contributed by atoms with Crippen LogP contribution in [0, 0.1) is 0 Å². The van der Waals surface area contributed by atoms with Gasteiger partial charge in [-0.05, 0) is 25.7 Å². The highest BCUT2D eigenvalue weighted by Crippen LogP contribution is 2.26. The average Bonchev–Trinajstić information content (AvgIpc) is 3.41. The Morgan fingerprint density at radius 3 is 1.25 bits per heavy atom. The van der Waals surface area contributed by atoms with Gasteiger partial charge in [-0.1, -0.05) is 303 Å². The highest BCUT2D eigenvalue weighted by molar-refractivity contribution is 5.80. The van der Waals surface area contributed by atoms with Crippen LogP contribution in [0.25, 0.3) is 0 Å². The number of aliphatic hydroxyl groups is 5. The van der Waals surface area contributed by atoms with Crippen LogP contribution < -0.4 is 5.32 Å². The molecule has 0 aromatic heterocycles. The molecule has 1 heterocycles. The number of allylic oxidation sites excluding steroid dienone is 1. The Balaban J connectivity index is 2.66. The molecule has 75 heavy (non-hydrogen) atoms. The van der Waals surface area contributed by atoms with E-state index in [9.17, 15) is 35.1 Å². The lowest BCUT2D eigenvalue weighted by molar-refractivity contribution is -0.305. The molecular formula is C64H123NO10. The van der Waals surface area contributed by atoms with Gasteiger partial charge in [-0.25, -0.2) is 0 Å². The van der Waals surface area contributed by atoms with Crippen molar-refractivity contribution in [2.75, 3.05) is 13.2 Å². The van der Waals surface area contributed by atoms with Crippen molar-refractivity contribution in [2.24, 2.45) is 0 Å². The third kappa shape index (κ3) is 41.1. The SMILES string of the molecule is CCCCCCCCCCCCC/C=C/C(O)C(COC1OC(CO)C(O)C(O)C1OC(=O)CCCCCCCCCCCCCCCCC)NC(=O)C(O)CCCCCCCCCCCCCCCCCCCC. The first-order valence-electron chi connectivity index (χ1n) is 32.5. The van der Waals surface area contributed by atoms with Crippen LogP contribution >= 0.6 is 0 Å². The lowest BCUT2D eigenvalue weighted by atomic mass is 9.99. The van der Waals surface area contributed by atoms with Crippen LogP contribution in [0.2, 0.25) is 0 Å². The summed E-state index contributed by atoms with van der Waals surface area (Å²) in [7, 11) is 0. The second-order valence-corrected chi connectivity index (χ2v) is 22.9. The molecule has 0 radical (unpaired) electrons. The maximum absolute atomic E-state index is 13.4. The van der Waals surface area contributed by atoms with Crippen molar-refractivity contribution in [1.82, 2.24) is 5.32 Å². The Morgan fingerprint density at radius 2 is 0.867 bits per heavy atom. The van der Waals surface area contributed by atoms with Crippen molar-refractivity contribution in [2.45, 2.75) is 372 Å². The van der Waals surface area contributed by atoms with Gasteiger partial charge >= 0.3 is 5.97 Å². The Labute approximate surface area is 461 Å². The normalized spacial score (nSPS) is 19.2. The molecule has 444 valence electrons. The summed E-state index contributed by atoms with van der Waals surface area (Å²) in [6, 6.07) is -1.02. The highest BCUT2D eigenvalue weighted by atomic mass is 16.7. The van der Waals surface area contributed by atoms with Gasteiger partial charge < -0.3 is 45.1 Å². The molecule has 1 rings (SSSR count). The molecule has 8 unspecified atom stereocenters. The average molecular weight is 1070 g/mol. The number of unbranched alkanes of at least 4 members (excludes halogenated alkanes) is 42. The fourth-order valence-electron chi connectivity index (χ4n) is 10.5. The first-order valence-corrected chi connectivity index (χ1v) is 32.5. The Kier molecular flexibility index (Phi) is 50.5. The van der Waals surface area contributed by atoms with Gasteiger partial charge in [0.25, 0.3) is 0 Å². The number of aliphatic hydroxyl groups excluding tert-OH is 5. The lowest BCUT2D eigenvalue weighted by Gasteiger charge is -2.41. The first-order chi connectivity index (χ1) is 36.7. The molecule has 11 nitrogen and oxygen atoms in total. The number of esters is 1. The van der Waals surface area contributed by atoms with Gasteiger partial charge in [-0.15, -0.1) is 0 Å². The molecular weight excluding hydrogens is 943 g/mol. The van der Waals surface area contributed by atoms with E-state index in [-0.39, 0.29) is 13.0 Å². The lowest BCUT2D eigenvalue weighted by Crippen LogP contribution is -2.61. The summed E-state index contributed by atoms with van der Waals surface area (Å²) in [5.41, 5.74) is 0. The fourth-order valence-corrected chi connectivity index (χ4v) is 10.5. The number of amides is 1. The summed E-state index contributed by atoms with van der Waals surface area (Å²) in [4.78, 5) is 26.6. The Morgan fingerprint density at radius 1 is 0.507 bits per heavy atom. The first kappa shape index (κ1) is 71.4. The maximum atomic E-state index is 13.4. The predicted molar refractivity (Wildman–Crippen MR) is 311 cm³/mol. The van der Waals surface area contributed by atoms with E-state index in [1.807, 2.05) is 6.08 Å². The van der Waals surface area contributed by atoms with Gasteiger partial charge in [-0.2, -0.15) is 0 Å². The summed E-state index contributed by atoms with van der Waals surface area (Å²) in [5, 5.41) is 57.0. The minimum atomic E-state index is -1.61. The predicted octanol–water partition coefficient (Wildman–Crippen LogP) is 15.5. The molecule has 0 saturated carbocycles. The van der Waals surface area contributed by atoms with Gasteiger partial charge in [0, 0.05) is 6.42 Å². The van der Waals surface area contributed by atoms with Crippen molar-refractivity contribution in [1.29, 1.82) is 0 Å². The number of hydrogen-bond donors (Lipinski definition) is 6. The summed E-state index contributed by atoms with van der Waals surface area (Å²) in [6.07, 6.45) is 49.6. The molecule has 6 N–H and O–H groups in total. The van der Waals surface area contributed by atoms with Crippen LogP contribution in [0.15, 0.2) is 12.2 Å². The van der Waals surface area contributed by atoms with Crippen molar-refractivity contribution < 1.29 is 49.3 Å². The van der Waals surface area contributed by atoms with Gasteiger partial charge in [0.15, 0.2) is 12.4 Å². The maximum Gasteiger partial charge on any atom is 0.306 e. The molecule has 0 aliphatic carbocycles. The third-order valence-electron chi connectivity index (χ3n) is 15.7. The van der Waals surface area contributed by atoms with Crippen molar-refractivity contribution >= 4 is 11.9 Å². The van der Waals surface area contributed by atoms with Crippen LogP contribution in [0.4, 0.5) is 0 Å². The van der Waals surface area contributed by atoms with Gasteiger partial charge in [0.2, 0.25) is 5.91 Å². The van der Waals surface area contributed by atoms with E-state index >= 15 is 0 Å². The number of rotatable bonds is 56. The summed E-state index contributed by atoms with van der Waals surface area (Å²) >= 11 is 0. The number of carbonyl (C=O) groups excluding carboxylic acids is 2. The van der Waals surface area contributed by atoms with Crippen LogP contribution in [-0.2, 0) is 23.8 Å². The topological polar surface area (TPSA) is 175 Å². The number of carbonyl (C=O) groups is 2. The molecule has 0 spiro atoms. The van der Waals surface area contributed by atoms with E-state index < -0.39 is 67.4 Å². The van der Waals surface area contributed by atoms with Gasteiger partial charge in [0.1, 0.15) is 24.4 Å². The van der Waals surface area contributed by atoms with Crippen LogP contribution in [-0.4, -0.2) is 99.6 Å². The van der Waals surface area contributed by atoms with Crippen molar-refractivity contribution in [3.8, 4) is 0 Å². The zero-order valence-electron chi connectivity index (χ0n) is 49.2. The second kappa shape index (κ2) is 53.1. The van der Waals surface area contributed by atoms with E-state index in [4.69, 9.17) is 14.2 Å². The van der Waals surface area contributed by atoms with E-state index in [0.29, 0.717) is 19.3 Å². The van der Waals surface area contributed by atoms with Crippen LogP contribution in [0.5, 0.6) is 0 Å². The molecule has 1 saturated heterocycles. The van der Waals surface area contributed by atoms with E-state index in [0.717, 1.165) is 57.8 Å². The summed E-state index contributed by atoms with van der Waals surface area (Å²) < 4.78 is 17.6. The molecule has 11 heteroatoms.